The van der Waals surface area contributed by atoms with Crippen molar-refractivity contribution in [3.63, 3.8) is 0 Å². The van der Waals surface area contributed by atoms with Gasteiger partial charge < -0.3 is 5.32 Å². The Balaban J connectivity index is 2.09. The van der Waals surface area contributed by atoms with E-state index in [4.69, 9.17) is 0 Å². The maximum absolute atomic E-state index is 10.7. The molecular weight excluding hydrogens is 336 g/mol. The number of aryl methyl sites for hydroxylation is 1. The summed E-state index contributed by atoms with van der Waals surface area (Å²) in [6.45, 7) is 2.54. The van der Waals surface area contributed by atoms with Gasteiger partial charge in [0.1, 0.15) is 16.2 Å². The molecule has 2 rings (SSSR count). The summed E-state index contributed by atoms with van der Waals surface area (Å²) in [5, 5.41) is 13.9. The van der Waals surface area contributed by atoms with Crippen LogP contribution in [-0.4, -0.2) is 14.9 Å². The van der Waals surface area contributed by atoms with Gasteiger partial charge in [0.05, 0.1) is 4.92 Å². The number of rotatable bonds is 6. The highest BCUT2D eigenvalue weighted by Crippen LogP contribution is 2.16. The Labute approximate surface area is 130 Å². The maximum atomic E-state index is 10.7. The number of nitro benzene ring substituents is 1. The molecule has 0 atom stereocenters. The molecule has 0 bridgehead atoms. The van der Waals surface area contributed by atoms with Gasteiger partial charge in [-0.05, 0) is 27.9 Å². The third-order valence-electron chi connectivity index (χ3n) is 2.81. The second-order valence-electron chi connectivity index (χ2n) is 4.52. The van der Waals surface area contributed by atoms with E-state index in [-0.39, 0.29) is 5.69 Å². The molecular formula is C14H15BrN4O2. The molecule has 1 aromatic heterocycles. The summed E-state index contributed by atoms with van der Waals surface area (Å²) in [7, 11) is 0. The second-order valence-corrected chi connectivity index (χ2v) is 5.34. The third kappa shape index (κ3) is 4.49. The van der Waals surface area contributed by atoms with Gasteiger partial charge in [0.2, 0.25) is 0 Å². The molecule has 1 heterocycles. The molecule has 0 unspecified atom stereocenters. The molecule has 7 heteroatoms. The molecule has 0 aliphatic heterocycles. The van der Waals surface area contributed by atoms with Crippen LogP contribution in [0.15, 0.2) is 34.9 Å². The molecule has 0 spiro atoms. The lowest BCUT2D eigenvalue weighted by Gasteiger charge is -2.08. The van der Waals surface area contributed by atoms with Gasteiger partial charge in [-0.15, -0.1) is 0 Å². The first-order valence-corrected chi connectivity index (χ1v) is 7.38. The van der Waals surface area contributed by atoms with Gasteiger partial charge in [-0.2, -0.15) is 0 Å². The van der Waals surface area contributed by atoms with Crippen molar-refractivity contribution < 1.29 is 4.92 Å². The van der Waals surface area contributed by atoms with E-state index < -0.39 is 4.92 Å². The molecule has 0 fully saturated rings. The first-order chi connectivity index (χ1) is 10.1. The molecule has 0 radical (unpaired) electrons. The van der Waals surface area contributed by atoms with Crippen molar-refractivity contribution >= 4 is 27.4 Å². The summed E-state index contributed by atoms with van der Waals surface area (Å²) >= 11 is 3.36. The van der Waals surface area contributed by atoms with E-state index in [0.717, 1.165) is 28.8 Å². The summed E-state index contributed by atoms with van der Waals surface area (Å²) in [6, 6.07) is 8.33. The highest BCUT2D eigenvalue weighted by Gasteiger charge is 2.06. The minimum Gasteiger partial charge on any atom is -0.366 e. The number of aromatic nitrogens is 2. The number of nitro groups is 1. The van der Waals surface area contributed by atoms with E-state index in [0.29, 0.717) is 12.4 Å². The zero-order valence-electron chi connectivity index (χ0n) is 11.5. The topological polar surface area (TPSA) is 81.0 Å². The number of benzene rings is 1. The summed E-state index contributed by atoms with van der Waals surface area (Å²) in [5.74, 6) is 1.47. The molecule has 0 saturated carbocycles. The van der Waals surface area contributed by atoms with Gasteiger partial charge >= 0.3 is 0 Å². The van der Waals surface area contributed by atoms with Crippen LogP contribution in [0.5, 0.6) is 0 Å². The summed E-state index contributed by atoms with van der Waals surface area (Å²) < 4.78 is 0.725. The Morgan fingerprint density at radius 1 is 1.33 bits per heavy atom. The normalized spacial score (nSPS) is 10.4. The average molecular weight is 351 g/mol. The molecule has 0 amide bonds. The van der Waals surface area contributed by atoms with E-state index in [1.54, 1.807) is 18.2 Å². The van der Waals surface area contributed by atoms with Crippen molar-refractivity contribution in [2.24, 2.45) is 0 Å². The molecule has 110 valence electrons. The van der Waals surface area contributed by atoms with Crippen LogP contribution in [-0.2, 0) is 13.0 Å². The standard InChI is InChI=1S/C14H15BrN4O2/c1-2-4-13-17-12(15)8-14(18-13)16-9-10-5-3-6-11(7-10)19(20)21/h3,5-8H,2,4,9H2,1H3,(H,16,17,18). The minimum atomic E-state index is -0.399. The fourth-order valence-electron chi connectivity index (χ4n) is 1.86. The largest absolute Gasteiger partial charge is 0.366 e. The lowest BCUT2D eigenvalue weighted by atomic mass is 10.2. The Bertz CT molecular complexity index is 649. The summed E-state index contributed by atoms with van der Waals surface area (Å²) in [4.78, 5) is 19.1. The van der Waals surface area contributed by atoms with Crippen LogP contribution in [0.1, 0.15) is 24.7 Å². The molecule has 1 N–H and O–H groups in total. The molecule has 0 saturated heterocycles. The highest BCUT2D eigenvalue weighted by molar-refractivity contribution is 9.10. The zero-order valence-corrected chi connectivity index (χ0v) is 13.1. The highest BCUT2D eigenvalue weighted by atomic mass is 79.9. The lowest BCUT2D eigenvalue weighted by molar-refractivity contribution is -0.384. The molecule has 0 aliphatic carbocycles. The van der Waals surface area contributed by atoms with Gasteiger partial charge in [-0.25, -0.2) is 9.97 Å². The quantitative estimate of drug-likeness (QED) is 0.487. The SMILES string of the molecule is CCCc1nc(Br)cc(NCc2cccc([N+](=O)[O-])c2)n1. The Kier molecular flexibility index (Phi) is 5.21. The van der Waals surface area contributed by atoms with Crippen LogP contribution in [0.4, 0.5) is 11.5 Å². The van der Waals surface area contributed by atoms with E-state index in [1.807, 2.05) is 6.07 Å². The summed E-state index contributed by atoms with van der Waals surface area (Å²) in [5.41, 5.74) is 0.917. The lowest BCUT2D eigenvalue weighted by Crippen LogP contribution is -2.05. The van der Waals surface area contributed by atoms with E-state index in [1.165, 1.54) is 6.07 Å². The molecule has 1 aromatic carbocycles. The van der Waals surface area contributed by atoms with Gasteiger partial charge in [-0.3, -0.25) is 10.1 Å². The number of halogens is 1. The van der Waals surface area contributed by atoms with Crippen molar-refractivity contribution in [3.8, 4) is 0 Å². The van der Waals surface area contributed by atoms with Crippen LogP contribution in [0, 0.1) is 10.1 Å². The van der Waals surface area contributed by atoms with Crippen molar-refractivity contribution in [1.82, 2.24) is 9.97 Å². The minimum absolute atomic E-state index is 0.0878. The molecule has 6 nitrogen and oxygen atoms in total. The van der Waals surface area contributed by atoms with Crippen LogP contribution in [0.2, 0.25) is 0 Å². The fourth-order valence-corrected chi connectivity index (χ4v) is 2.28. The first-order valence-electron chi connectivity index (χ1n) is 6.59. The third-order valence-corrected chi connectivity index (χ3v) is 3.22. The Hall–Kier alpha value is -2.02. The number of hydrogen-bond donors (Lipinski definition) is 1. The smallest absolute Gasteiger partial charge is 0.269 e. The Morgan fingerprint density at radius 3 is 2.86 bits per heavy atom. The number of nitrogens with one attached hydrogen (secondary N) is 1. The predicted molar refractivity (Wildman–Crippen MR) is 84.2 cm³/mol. The van der Waals surface area contributed by atoms with Crippen LogP contribution < -0.4 is 5.32 Å². The number of nitrogens with zero attached hydrogens (tertiary/aromatic N) is 3. The van der Waals surface area contributed by atoms with Gasteiger partial charge in [0, 0.05) is 31.2 Å². The van der Waals surface area contributed by atoms with Gasteiger partial charge in [0.25, 0.3) is 5.69 Å². The second kappa shape index (κ2) is 7.12. The fraction of sp³-hybridized carbons (Fsp3) is 0.286. The Morgan fingerprint density at radius 2 is 2.14 bits per heavy atom. The van der Waals surface area contributed by atoms with Crippen LogP contribution in [0.3, 0.4) is 0 Å². The van der Waals surface area contributed by atoms with Crippen molar-refractivity contribution in [2.45, 2.75) is 26.3 Å². The monoisotopic (exact) mass is 350 g/mol. The average Bonchev–Trinajstić information content (AvgIpc) is 2.45. The van der Waals surface area contributed by atoms with Crippen molar-refractivity contribution in [2.75, 3.05) is 5.32 Å². The van der Waals surface area contributed by atoms with E-state index in [2.05, 4.69) is 38.1 Å². The van der Waals surface area contributed by atoms with Crippen LogP contribution >= 0.6 is 15.9 Å². The maximum Gasteiger partial charge on any atom is 0.269 e. The van der Waals surface area contributed by atoms with Crippen molar-refractivity contribution in [3.05, 3.63) is 56.4 Å². The molecule has 0 aliphatic rings. The van der Waals surface area contributed by atoms with Crippen LogP contribution in [0.25, 0.3) is 0 Å². The number of hydrogen-bond acceptors (Lipinski definition) is 5. The van der Waals surface area contributed by atoms with Crippen molar-refractivity contribution in [1.29, 1.82) is 0 Å². The molecule has 2 aromatic rings. The van der Waals surface area contributed by atoms with E-state index in [9.17, 15) is 10.1 Å². The zero-order chi connectivity index (χ0) is 15.2. The van der Waals surface area contributed by atoms with Gasteiger partial charge in [0.15, 0.2) is 0 Å². The summed E-state index contributed by atoms with van der Waals surface area (Å²) in [6.07, 6.45) is 1.78. The first kappa shape index (κ1) is 15.4. The number of non-ortho nitro benzene ring substituents is 1. The van der Waals surface area contributed by atoms with E-state index >= 15 is 0 Å². The van der Waals surface area contributed by atoms with Gasteiger partial charge in [-0.1, -0.05) is 19.1 Å². The predicted octanol–water partition coefficient (Wildman–Crippen LogP) is 3.71. The molecule has 21 heavy (non-hydrogen) atoms. The number of anilines is 1.